The number of anilines is 1. The number of aryl methyl sites for hydroxylation is 2. The van der Waals surface area contributed by atoms with Crippen molar-refractivity contribution in [1.29, 1.82) is 0 Å². The number of nitrogens with one attached hydrogen (secondary N) is 1. The Kier molecular flexibility index (Phi) is 3.44. The minimum absolute atomic E-state index is 0.267. The van der Waals surface area contributed by atoms with E-state index >= 15 is 0 Å². The van der Waals surface area contributed by atoms with Crippen LogP contribution in [0.3, 0.4) is 0 Å². The number of hydrogen-bond acceptors (Lipinski definition) is 3. The summed E-state index contributed by atoms with van der Waals surface area (Å²) < 4.78 is 1.52. The van der Waals surface area contributed by atoms with Crippen LogP contribution in [0.5, 0.6) is 0 Å². The van der Waals surface area contributed by atoms with Gasteiger partial charge in [0.05, 0.1) is 12.1 Å². The van der Waals surface area contributed by atoms with Crippen LogP contribution >= 0.6 is 0 Å². The Hall–Kier alpha value is -2.63. The fraction of sp³-hybridized carbons (Fsp3) is 0.312. The van der Waals surface area contributed by atoms with E-state index in [1.165, 1.54) is 4.68 Å². The Labute approximate surface area is 127 Å². The van der Waals surface area contributed by atoms with Gasteiger partial charge in [0, 0.05) is 5.56 Å². The largest absolute Gasteiger partial charge is 0.481 e. The first kappa shape index (κ1) is 14.3. The zero-order valence-electron chi connectivity index (χ0n) is 12.5. The standard InChI is InChI=1S/C16H17N3O3/c1-3-11-14(10-6-4-9(2)5-7-10)15-17-16(22)12(8-13(20)21)19(15)18-11/h4-7,12H,3,8H2,1-2H3,(H,17,22)(H,20,21)/t12-/m0/s1. The Bertz CT molecular complexity index is 747. The van der Waals surface area contributed by atoms with Crippen molar-refractivity contribution in [2.45, 2.75) is 32.7 Å². The second kappa shape index (κ2) is 5.29. The van der Waals surface area contributed by atoms with E-state index in [0.717, 1.165) is 22.4 Å². The molecule has 0 unspecified atom stereocenters. The maximum Gasteiger partial charge on any atom is 0.306 e. The molecule has 0 saturated heterocycles. The monoisotopic (exact) mass is 299 g/mol. The molecular formula is C16H17N3O3. The molecule has 0 bridgehead atoms. The van der Waals surface area contributed by atoms with Crippen molar-refractivity contribution < 1.29 is 14.7 Å². The van der Waals surface area contributed by atoms with Gasteiger partial charge in [-0.1, -0.05) is 36.8 Å². The van der Waals surface area contributed by atoms with E-state index in [9.17, 15) is 9.59 Å². The SMILES string of the molecule is CCc1nn2c(c1-c1ccc(C)cc1)NC(=O)[C@@H]2CC(=O)O. The number of nitrogens with zero attached hydrogens (tertiary/aromatic N) is 2. The molecule has 1 aromatic heterocycles. The van der Waals surface area contributed by atoms with E-state index in [-0.39, 0.29) is 12.3 Å². The number of fused-ring (bicyclic) bond motifs is 1. The fourth-order valence-corrected chi connectivity index (χ4v) is 2.75. The summed E-state index contributed by atoms with van der Waals surface area (Å²) in [7, 11) is 0. The number of aliphatic carboxylic acids is 1. The molecule has 6 heteroatoms. The van der Waals surface area contributed by atoms with Gasteiger partial charge in [0.1, 0.15) is 11.9 Å². The Balaban J connectivity index is 2.11. The van der Waals surface area contributed by atoms with Gasteiger partial charge >= 0.3 is 5.97 Å². The molecule has 0 aliphatic carbocycles. The normalized spacial score (nSPS) is 16.5. The minimum Gasteiger partial charge on any atom is -0.481 e. The van der Waals surface area contributed by atoms with Gasteiger partial charge in [-0.25, -0.2) is 4.68 Å². The first-order valence-corrected chi connectivity index (χ1v) is 7.22. The second-order valence-electron chi connectivity index (χ2n) is 5.44. The summed E-state index contributed by atoms with van der Waals surface area (Å²) in [6, 6.07) is 7.21. The number of rotatable bonds is 4. The number of carbonyl (C=O) groups excluding carboxylic acids is 1. The highest BCUT2D eigenvalue weighted by molar-refractivity contribution is 6.02. The summed E-state index contributed by atoms with van der Waals surface area (Å²) >= 11 is 0. The van der Waals surface area contributed by atoms with Gasteiger partial charge in [-0.15, -0.1) is 0 Å². The topological polar surface area (TPSA) is 84.2 Å². The van der Waals surface area contributed by atoms with E-state index in [1.807, 2.05) is 38.1 Å². The molecule has 2 N–H and O–H groups in total. The van der Waals surface area contributed by atoms with Crippen molar-refractivity contribution in [2.24, 2.45) is 0 Å². The molecule has 1 aliphatic heterocycles. The van der Waals surface area contributed by atoms with Crippen LogP contribution in [0, 0.1) is 6.92 Å². The zero-order chi connectivity index (χ0) is 15.9. The van der Waals surface area contributed by atoms with Crippen LogP contribution in [0.25, 0.3) is 11.1 Å². The number of carbonyl (C=O) groups is 2. The number of hydrogen-bond donors (Lipinski definition) is 2. The second-order valence-corrected chi connectivity index (χ2v) is 5.44. The average molecular weight is 299 g/mol. The molecule has 0 saturated carbocycles. The molecule has 1 aliphatic rings. The van der Waals surface area contributed by atoms with E-state index in [0.29, 0.717) is 12.2 Å². The lowest BCUT2D eigenvalue weighted by atomic mass is 10.0. The molecule has 3 rings (SSSR count). The van der Waals surface area contributed by atoms with Crippen LogP contribution in [0.4, 0.5) is 5.82 Å². The van der Waals surface area contributed by atoms with E-state index in [4.69, 9.17) is 5.11 Å². The van der Waals surface area contributed by atoms with E-state index in [2.05, 4.69) is 10.4 Å². The minimum atomic E-state index is -1.02. The Morgan fingerprint density at radius 1 is 1.36 bits per heavy atom. The number of carboxylic acid groups (broad SMARTS) is 1. The highest BCUT2D eigenvalue weighted by atomic mass is 16.4. The molecule has 6 nitrogen and oxygen atoms in total. The number of benzene rings is 1. The van der Waals surface area contributed by atoms with Crippen molar-refractivity contribution in [3.05, 3.63) is 35.5 Å². The smallest absolute Gasteiger partial charge is 0.306 e. The highest BCUT2D eigenvalue weighted by Crippen LogP contribution is 2.38. The van der Waals surface area contributed by atoms with Crippen molar-refractivity contribution >= 4 is 17.7 Å². The molecule has 2 aromatic rings. The Morgan fingerprint density at radius 2 is 2.05 bits per heavy atom. The van der Waals surface area contributed by atoms with Crippen LogP contribution in [-0.2, 0) is 16.0 Å². The van der Waals surface area contributed by atoms with Crippen molar-refractivity contribution in [3.63, 3.8) is 0 Å². The van der Waals surface area contributed by atoms with Gasteiger partial charge in [0.2, 0.25) is 0 Å². The predicted octanol–water partition coefficient (Wildman–Crippen LogP) is 2.39. The summed E-state index contributed by atoms with van der Waals surface area (Å²) in [6.07, 6.45) is 0.440. The van der Waals surface area contributed by atoms with Crippen molar-refractivity contribution in [3.8, 4) is 11.1 Å². The first-order valence-electron chi connectivity index (χ1n) is 7.22. The van der Waals surface area contributed by atoms with Gasteiger partial charge in [0.15, 0.2) is 0 Å². The highest BCUT2D eigenvalue weighted by Gasteiger charge is 2.36. The lowest BCUT2D eigenvalue weighted by Gasteiger charge is -2.05. The van der Waals surface area contributed by atoms with Crippen LogP contribution in [0.1, 0.15) is 30.6 Å². The summed E-state index contributed by atoms with van der Waals surface area (Å²) in [6.45, 7) is 4.00. The van der Waals surface area contributed by atoms with Crippen molar-refractivity contribution in [1.82, 2.24) is 9.78 Å². The van der Waals surface area contributed by atoms with Crippen LogP contribution in [0.2, 0.25) is 0 Å². The third kappa shape index (κ3) is 2.26. The maximum absolute atomic E-state index is 12.0. The van der Waals surface area contributed by atoms with Gasteiger partial charge in [0.25, 0.3) is 5.91 Å². The number of aromatic nitrogens is 2. The molecule has 1 aromatic carbocycles. The molecular weight excluding hydrogens is 282 g/mol. The number of carboxylic acids is 1. The molecule has 0 fully saturated rings. The van der Waals surface area contributed by atoms with Crippen LogP contribution in [-0.4, -0.2) is 26.8 Å². The molecule has 1 amide bonds. The van der Waals surface area contributed by atoms with Gasteiger partial charge in [-0.2, -0.15) is 5.10 Å². The van der Waals surface area contributed by atoms with E-state index < -0.39 is 12.0 Å². The van der Waals surface area contributed by atoms with Crippen LogP contribution in [0.15, 0.2) is 24.3 Å². The third-order valence-electron chi connectivity index (χ3n) is 3.87. The van der Waals surface area contributed by atoms with E-state index in [1.54, 1.807) is 0 Å². The average Bonchev–Trinajstić information content (AvgIpc) is 2.96. The number of amides is 1. The van der Waals surface area contributed by atoms with Gasteiger partial charge < -0.3 is 10.4 Å². The van der Waals surface area contributed by atoms with Gasteiger partial charge in [-0.05, 0) is 18.9 Å². The van der Waals surface area contributed by atoms with Gasteiger partial charge in [-0.3, -0.25) is 9.59 Å². The summed E-state index contributed by atoms with van der Waals surface area (Å²) in [5, 5.41) is 16.2. The van der Waals surface area contributed by atoms with Crippen LogP contribution < -0.4 is 5.32 Å². The third-order valence-corrected chi connectivity index (χ3v) is 3.87. The lowest BCUT2D eigenvalue weighted by molar-refractivity contribution is -0.139. The molecule has 114 valence electrons. The molecule has 0 radical (unpaired) electrons. The predicted molar refractivity (Wildman–Crippen MR) is 81.7 cm³/mol. The molecule has 1 atom stereocenters. The molecule has 22 heavy (non-hydrogen) atoms. The summed E-state index contributed by atoms with van der Waals surface area (Å²) in [4.78, 5) is 23.0. The summed E-state index contributed by atoms with van der Waals surface area (Å²) in [5.74, 6) is -0.740. The summed E-state index contributed by atoms with van der Waals surface area (Å²) in [5.41, 5.74) is 3.86. The zero-order valence-corrected chi connectivity index (χ0v) is 12.5. The molecule has 2 heterocycles. The van der Waals surface area contributed by atoms with Crippen molar-refractivity contribution in [2.75, 3.05) is 5.32 Å². The molecule has 0 spiro atoms. The Morgan fingerprint density at radius 3 is 2.64 bits per heavy atom. The quantitative estimate of drug-likeness (QED) is 0.908. The lowest BCUT2D eigenvalue weighted by Crippen LogP contribution is -2.20. The maximum atomic E-state index is 12.0. The fourth-order valence-electron chi connectivity index (χ4n) is 2.75. The first-order chi connectivity index (χ1) is 10.5.